The van der Waals surface area contributed by atoms with Crippen molar-refractivity contribution in [3.8, 4) is 34.5 Å². The van der Waals surface area contributed by atoms with Gasteiger partial charge in [0.25, 0.3) is 11.5 Å². The quantitative estimate of drug-likeness (QED) is 0.302. The van der Waals surface area contributed by atoms with Crippen LogP contribution in [0.1, 0.15) is 5.56 Å². The van der Waals surface area contributed by atoms with E-state index < -0.39 is 5.91 Å². The summed E-state index contributed by atoms with van der Waals surface area (Å²) >= 11 is 1.12. The molecule has 0 aliphatic carbocycles. The highest BCUT2D eigenvalue weighted by atomic mass is 32.1. The Kier molecular flexibility index (Phi) is 8.00. The van der Waals surface area contributed by atoms with Crippen molar-refractivity contribution in [1.82, 2.24) is 19.2 Å². The smallest absolute Gasteiger partial charge is 0.273 e. The van der Waals surface area contributed by atoms with Crippen LogP contribution in [-0.2, 0) is 9.53 Å². The number of hydrogen-bond acceptors (Lipinski definition) is 7. The van der Waals surface area contributed by atoms with Gasteiger partial charge in [-0.2, -0.15) is 10.4 Å². The van der Waals surface area contributed by atoms with E-state index in [1.807, 2.05) is 79.0 Å². The molecule has 6 rings (SSSR count). The van der Waals surface area contributed by atoms with E-state index in [9.17, 15) is 14.9 Å². The average molecular weight is 590 g/mol. The number of rotatable bonds is 6. The van der Waals surface area contributed by atoms with E-state index in [2.05, 4.69) is 6.07 Å². The molecule has 1 saturated heterocycles. The molecule has 1 fully saturated rings. The molecule has 3 heterocycles. The highest BCUT2D eigenvalue weighted by Crippen LogP contribution is 2.26. The molecule has 1 amide bonds. The monoisotopic (exact) mass is 589 g/mol. The summed E-state index contributed by atoms with van der Waals surface area (Å²) in [6, 6.07) is 28.4. The Hall–Kier alpha value is -5.24. The van der Waals surface area contributed by atoms with Gasteiger partial charge in [-0.25, -0.2) is 4.68 Å². The van der Waals surface area contributed by atoms with Gasteiger partial charge < -0.3 is 14.4 Å². The molecule has 0 atom stereocenters. The number of benzene rings is 3. The third kappa shape index (κ3) is 5.64. The predicted octanol–water partition coefficient (Wildman–Crippen LogP) is 3.12. The number of aromatic nitrogens is 3. The molecule has 0 radical (unpaired) electrons. The Morgan fingerprint density at radius 2 is 1.63 bits per heavy atom. The second-order valence-corrected chi connectivity index (χ2v) is 10.8. The van der Waals surface area contributed by atoms with Crippen LogP contribution in [0.25, 0.3) is 34.3 Å². The molecule has 9 nitrogen and oxygen atoms in total. The van der Waals surface area contributed by atoms with Gasteiger partial charge >= 0.3 is 0 Å². The molecule has 10 heteroatoms. The lowest BCUT2D eigenvalue weighted by Gasteiger charge is -2.26. The summed E-state index contributed by atoms with van der Waals surface area (Å²) in [5.41, 5.74) is 3.23. The van der Waals surface area contributed by atoms with Gasteiger partial charge in [-0.1, -0.05) is 36.4 Å². The molecular weight excluding hydrogens is 562 g/mol. The summed E-state index contributed by atoms with van der Waals surface area (Å²) < 4.78 is 14.6. The molecule has 5 aromatic rings. The minimum absolute atomic E-state index is 0.0807. The number of ether oxygens (including phenoxy) is 2. The molecular formula is C33H27N5O4S. The highest BCUT2D eigenvalue weighted by Gasteiger charge is 2.24. The number of nitrogens with zero attached hydrogens (tertiary/aromatic N) is 5. The normalized spacial score (nSPS) is 14.3. The lowest BCUT2D eigenvalue weighted by atomic mass is 10.1. The van der Waals surface area contributed by atoms with Crippen LogP contribution < -0.4 is 19.5 Å². The Labute approximate surface area is 251 Å². The van der Waals surface area contributed by atoms with Crippen LogP contribution in [0.15, 0.2) is 95.9 Å². The first-order valence-corrected chi connectivity index (χ1v) is 14.5. The molecule has 3 aromatic carbocycles. The second kappa shape index (κ2) is 12.3. The van der Waals surface area contributed by atoms with E-state index >= 15 is 0 Å². The minimum Gasteiger partial charge on any atom is -0.497 e. The number of carbonyl (C=O) groups is 1. The van der Waals surface area contributed by atoms with Gasteiger partial charge in [-0.15, -0.1) is 11.3 Å². The summed E-state index contributed by atoms with van der Waals surface area (Å²) in [6.45, 7) is 1.57. The maximum atomic E-state index is 14.1. The number of nitriles is 1. The van der Waals surface area contributed by atoms with Gasteiger partial charge in [0.1, 0.15) is 22.2 Å². The van der Waals surface area contributed by atoms with Crippen molar-refractivity contribution in [3.05, 3.63) is 116 Å². The summed E-state index contributed by atoms with van der Waals surface area (Å²) in [5.74, 6) is 0.300. The third-order valence-electron chi connectivity index (χ3n) is 7.09. The average Bonchev–Trinajstić information content (AvgIpc) is 3.63. The Balaban J connectivity index is 1.59. The number of thiazole rings is 1. The number of carbonyl (C=O) groups excluding carboxylic acids is 1. The van der Waals surface area contributed by atoms with Crippen LogP contribution in [0.2, 0.25) is 0 Å². The zero-order valence-corrected chi connectivity index (χ0v) is 24.2. The van der Waals surface area contributed by atoms with Gasteiger partial charge in [-0.3, -0.25) is 14.2 Å². The maximum Gasteiger partial charge on any atom is 0.273 e. The van der Waals surface area contributed by atoms with Crippen LogP contribution in [0.4, 0.5) is 0 Å². The molecule has 0 bridgehead atoms. The van der Waals surface area contributed by atoms with Crippen molar-refractivity contribution in [2.75, 3.05) is 33.4 Å². The van der Waals surface area contributed by atoms with Gasteiger partial charge in [0.05, 0.1) is 36.2 Å². The fourth-order valence-corrected chi connectivity index (χ4v) is 5.98. The first kappa shape index (κ1) is 27.9. The summed E-state index contributed by atoms with van der Waals surface area (Å²) in [7, 11) is 1.61. The number of morpholine rings is 1. The lowest BCUT2D eigenvalue weighted by molar-refractivity contribution is -0.128. The van der Waals surface area contributed by atoms with Crippen LogP contribution in [0, 0.1) is 11.3 Å². The van der Waals surface area contributed by atoms with E-state index in [4.69, 9.17) is 14.6 Å². The lowest BCUT2D eigenvalue weighted by Crippen LogP contribution is -2.42. The highest BCUT2D eigenvalue weighted by molar-refractivity contribution is 7.07. The topological polar surface area (TPSA) is 102 Å². The van der Waals surface area contributed by atoms with Crippen molar-refractivity contribution < 1.29 is 14.3 Å². The van der Waals surface area contributed by atoms with Crippen LogP contribution in [-0.4, -0.2) is 58.6 Å². The fourth-order valence-electron chi connectivity index (χ4n) is 4.89. The molecule has 0 saturated carbocycles. The molecule has 2 aromatic heterocycles. The van der Waals surface area contributed by atoms with E-state index in [0.29, 0.717) is 47.8 Å². The largest absolute Gasteiger partial charge is 0.497 e. The van der Waals surface area contributed by atoms with Crippen molar-refractivity contribution in [2.45, 2.75) is 0 Å². The number of para-hydroxylation sites is 2. The molecule has 0 unspecified atom stereocenters. The van der Waals surface area contributed by atoms with Crippen molar-refractivity contribution in [3.63, 3.8) is 0 Å². The molecule has 214 valence electrons. The maximum absolute atomic E-state index is 14.1. The summed E-state index contributed by atoms with van der Waals surface area (Å²) in [4.78, 5) is 29.2. The predicted molar refractivity (Wildman–Crippen MR) is 165 cm³/mol. The van der Waals surface area contributed by atoms with Crippen LogP contribution in [0.5, 0.6) is 5.75 Å². The standard InChI is InChI=1S/C33H27N5O4S/c1-41-27-14-12-23(13-15-27)30-24(22-37(35-30)25-8-4-2-5-9-25)20-29-32(40)38(26-10-6-3-7-11-26)33(43-29)28(21-34)31(39)36-16-18-42-19-17-36/h2-15,20,22H,16-19H2,1H3/b29-20?,33-28-. The van der Waals surface area contributed by atoms with Crippen molar-refractivity contribution in [2.24, 2.45) is 0 Å². The van der Waals surface area contributed by atoms with Gasteiger partial charge in [-0.05, 0) is 54.6 Å². The zero-order valence-electron chi connectivity index (χ0n) is 23.3. The Bertz CT molecular complexity index is 1980. The number of hydrogen-bond donors (Lipinski definition) is 0. The van der Waals surface area contributed by atoms with Gasteiger partial charge in [0, 0.05) is 30.4 Å². The summed E-state index contributed by atoms with van der Waals surface area (Å²) in [5, 5.41) is 15.1. The SMILES string of the molecule is COc1ccc(-c2nn(-c3ccccc3)cc2C=c2s/c(=C(/C#N)C(=O)N3CCOCC3)n(-c3ccccc3)c2=O)cc1. The van der Waals surface area contributed by atoms with Crippen molar-refractivity contribution >= 4 is 28.9 Å². The number of amides is 1. The molecule has 0 N–H and O–H groups in total. The molecule has 1 aliphatic rings. The zero-order chi connectivity index (χ0) is 29.8. The molecule has 0 spiro atoms. The van der Waals surface area contributed by atoms with E-state index in [1.165, 1.54) is 4.57 Å². The third-order valence-corrected chi connectivity index (χ3v) is 8.18. The van der Waals surface area contributed by atoms with E-state index in [0.717, 1.165) is 28.3 Å². The second-order valence-electron chi connectivity index (χ2n) is 9.72. The number of methoxy groups -OCH3 is 1. The van der Waals surface area contributed by atoms with Gasteiger partial charge in [0.2, 0.25) is 0 Å². The first-order chi connectivity index (χ1) is 21.1. The molecule has 43 heavy (non-hydrogen) atoms. The van der Waals surface area contributed by atoms with Crippen molar-refractivity contribution in [1.29, 1.82) is 5.26 Å². The minimum atomic E-state index is -0.417. The Morgan fingerprint density at radius 1 is 0.977 bits per heavy atom. The van der Waals surface area contributed by atoms with E-state index in [1.54, 1.807) is 34.9 Å². The van der Waals surface area contributed by atoms with Crippen LogP contribution in [0.3, 0.4) is 0 Å². The van der Waals surface area contributed by atoms with Gasteiger partial charge in [0.15, 0.2) is 5.57 Å². The van der Waals surface area contributed by atoms with Crippen LogP contribution >= 0.6 is 11.3 Å². The fraction of sp³-hybridized carbons (Fsp3) is 0.152. The van der Waals surface area contributed by atoms with E-state index in [-0.39, 0.29) is 15.8 Å². The molecule has 1 aliphatic heterocycles. The summed E-state index contributed by atoms with van der Waals surface area (Å²) in [6.07, 6.45) is 3.64. The first-order valence-electron chi connectivity index (χ1n) is 13.7. The Morgan fingerprint density at radius 3 is 2.26 bits per heavy atom.